The van der Waals surface area contributed by atoms with Crippen LogP contribution in [0.1, 0.15) is 12.0 Å². The van der Waals surface area contributed by atoms with Crippen LogP contribution in [-0.4, -0.2) is 7.11 Å². The molecule has 0 radical (unpaired) electrons. The van der Waals surface area contributed by atoms with Gasteiger partial charge in [-0.1, -0.05) is 18.2 Å². The summed E-state index contributed by atoms with van der Waals surface area (Å²) in [7, 11) is 1.50. The number of benzene rings is 1. The van der Waals surface area contributed by atoms with Gasteiger partial charge in [-0.2, -0.15) is 0 Å². The Labute approximate surface area is 98.4 Å². The summed E-state index contributed by atoms with van der Waals surface area (Å²) < 4.78 is 32.9. The van der Waals surface area contributed by atoms with Gasteiger partial charge in [0.2, 0.25) is 0 Å². The smallest absolute Gasteiger partial charge is 0.161 e. The van der Waals surface area contributed by atoms with Gasteiger partial charge in [-0.05, 0) is 23.8 Å². The molecule has 2 nitrogen and oxygen atoms in total. The molecule has 4 heteroatoms. The molecule has 0 heterocycles. The first-order chi connectivity index (χ1) is 8.05. The molecule has 2 N–H and O–H groups in total. The van der Waals surface area contributed by atoms with Crippen molar-refractivity contribution < 1.29 is 13.5 Å². The van der Waals surface area contributed by atoms with Crippen LogP contribution in [0.2, 0.25) is 0 Å². The van der Waals surface area contributed by atoms with Gasteiger partial charge >= 0.3 is 0 Å². The van der Waals surface area contributed by atoms with E-state index in [1.165, 1.54) is 13.2 Å². The van der Waals surface area contributed by atoms with Crippen molar-refractivity contribution in [1.29, 1.82) is 0 Å². The van der Waals surface area contributed by atoms with Crippen molar-refractivity contribution in [3.8, 4) is 5.75 Å². The Morgan fingerprint density at radius 3 is 2.82 bits per heavy atom. The van der Waals surface area contributed by atoms with Gasteiger partial charge < -0.3 is 10.5 Å². The lowest BCUT2D eigenvalue weighted by Gasteiger charge is -2.24. The highest BCUT2D eigenvalue weighted by atomic mass is 19.1. The number of allylic oxidation sites excluding steroid dienone is 3. The van der Waals surface area contributed by atoms with Gasteiger partial charge in [-0.3, -0.25) is 0 Å². The molecular formula is C13H13F2NO. The minimum atomic E-state index is -1.86. The van der Waals surface area contributed by atoms with E-state index >= 15 is 0 Å². The lowest BCUT2D eigenvalue weighted by atomic mass is 9.88. The standard InChI is InChI=1S/C13H13F2NO/c1-17-10-4-2-3-9(7-10)13(15)6-5-12(16)11(14)8-13/h2-5,7-8H,6,16H2,1H3. The van der Waals surface area contributed by atoms with Crippen LogP contribution < -0.4 is 10.5 Å². The molecule has 0 fully saturated rings. The third kappa shape index (κ3) is 2.16. The van der Waals surface area contributed by atoms with Gasteiger partial charge in [-0.25, -0.2) is 8.78 Å². The van der Waals surface area contributed by atoms with Gasteiger partial charge in [0.05, 0.1) is 12.8 Å². The second-order valence-electron chi connectivity index (χ2n) is 3.95. The molecule has 1 atom stereocenters. The maximum atomic E-state index is 14.6. The van der Waals surface area contributed by atoms with Crippen LogP contribution in [0.15, 0.2) is 47.9 Å². The average Bonchev–Trinajstić information content (AvgIpc) is 2.34. The maximum absolute atomic E-state index is 14.6. The molecule has 0 bridgehead atoms. The van der Waals surface area contributed by atoms with E-state index in [1.807, 2.05) is 0 Å². The zero-order valence-corrected chi connectivity index (χ0v) is 9.41. The highest BCUT2D eigenvalue weighted by Gasteiger charge is 2.33. The molecule has 90 valence electrons. The van der Waals surface area contributed by atoms with Crippen molar-refractivity contribution in [2.45, 2.75) is 12.1 Å². The first kappa shape index (κ1) is 11.6. The first-order valence-corrected chi connectivity index (χ1v) is 5.23. The molecule has 0 saturated heterocycles. The number of halogens is 2. The minimum absolute atomic E-state index is 0.0128. The van der Waals surface area contributed by atoms with E-state index in [0.29, 0.717) is 11.3 Å². The Kier molecular flexibility index (Phi) is 2.88. The third-order valence-corrected chi connectivity index (χ3v) is 2.80. The maximum Gasteiger partial charge on any atom is 0.161 e. The molecule has 0 spiro atoms. The van der Waals surface area contributed by atoms with Crippen LogP contribution >= 0.6 is 0 Å². The largest absolute Gasteiger partial charge is 0.497 e. The summed E-state index contributed by atoms with van der Waals surface area (Å²) >= 11 is 0. The number of ether oxygens (including phenoxy) is 1. The molecule has 1 aliphatic rings. The van der Waals surface area contributed by atoms with Crippen LogP contribution in [-0.2, 0) is 5.67 Å². The van der Waals surface area contributed by atoms with E-state index in [-0.39, 0.29) is 12.1 Å². The van der Waals surface area contributed by atoms with Gasteiger partial charge in [-0.15, -0.1) is 0 Å². The summed E-state index contributed by atoms with van der Waals surface area (Å²) in [4.78, 5) is 0. The fraction of sp³-hybridized carbons (Fsp3) is 0.231. The van der Waals surface area contributed by atoms with E-state index in [4.69, 9.17) is 10.5 Å². The molecule has 2 rings (SSSR count). The number of hydrogen-bond acceptors (Lipinski definition) is 2. The van der Waals surface area contributed by atoms with E-state index in [1.54, 1.807) is 24.3 Å². The highest BCUT2D eigenvalue weighted by molar-refractivity contribution is 5.40. The lowest BCUT2D eigenvalue weighted by molar-refractivity contribution is 0.228. The molecule has 1 aliphatic carbocycles. The second-order valence-corrected chi connectivity index (χ2v) is 3.95. The summed E-state index contributed by atoms with van der Waals surface area (Å²) in [6, 6.07) is 6.53. The van der Waals surface area contributed by atoms with Crippen LogP contribution in [0, 0.1) is 0 Å². The zero-order chi connectivity index (χ0) is 12.5. The molecule has 1 unspecified atom stereocenters. The van der Waals surface area contributed by atoms with Crippen molar-refractivity contribution >= 4 is 0 Å². The third-order valence-electron chi connectivity index (χ3n) is 2.80. The molecular weight excluding hydrogens is 224 g/mol. The molecule has 0 aliphatic heterocycles. The number of nitrogens with two attached hydrogens (primary N) is 1. The summed E-state index contributed by atoms with van der Waals surface area (Å²) in [5.74, 6) is -0.183. The summed E-state index contributed by atoms with van der Waals surface area (Å²) in [6.07, 6.45) is 2.30. The van der Waals surface area contributed by atoms with Gasteiger partial charge in [0.25, 0.3) is 0 Å². The SMILES string of the molecule is COc1cccc(C2(F)C=C(F)C(N)=CC2)c1. The minimum Gasteiger partial charge on any atom is -0.497 e. The zero-order valence-electron chi connectivity index (χ0n) is 9.41. The fourth-order valence-electron chi connectivity index (χ4n) is 1.78. The van der Waals surface area contributed by atoms with Crippen molar-refractivity contribution in [3.05, 3.63) is 53.5 Å². The van der Waals surface area contributed by atoms with E-state index < -0.39 is 11.5 Å². The summed E-state index contributed by atoms with van der Waals surface area (Å²) in [5.41, 5.74) is 3.84. The van der Waals surface area contributed by atoms with Crippen molar-refractivity contribution in [2.24, 2.45) is 5.73 Å². The average molecular weight is 237 g/mol. The van der Waals surface area contributed by atoms with E-state index in [0.717, 1.165) is 6.08 Å². The second kappa shape index (κ2) is 4.20. The van der Waals surface area contributed by atoms with Crippen molar-refractivity contribution in [3.63, 3.8) is 0 Å². The Balaban J connectivity index is 2.40. The predicted molar refractivity (Wildman–Crippen MR) is 61.9 cm³/mol. The lowest BCUT2D eigenvalue weighted by Crippen LogP contribution is -2.21. The Morgan fingerprint density at radius 1 is 1.41 bits per heavy atom. The number of methoxy groups -OCH3 is 1. The van der Waals surface area contributed by atoms with E-state index in [9.17, 15) is 8.78 Å². The van der Waals surface area contributed by atoms with Gasteiger partial charge in [0.1, 0.15) is 11.6 Å². The van der Waals surface area contributed by atoms with Crippen LogP contribution in [0.4, 0.5) is 8.78 Å². The molecule has 0 saturated carbocycles. The van der Waals surface area contributed by atoms with E-state index in [2.05, 4.69) is 0 Å². The fourth-order valence-corrected chi connectivity index (χ4v) is 1.78. The highest BCUT2D eigenvalue weighted by Crippen LogP contribution is 2.38. The Bertz CT molecular complexity index is 496. The topological polar surface area (TPSA) is 35.2 Å². The molecule has 17 heavy (non-hydrogen) atoms. The predicted octanol–water partition coefficient (Wildman–Crippen LogP) is 2.96. The van der Waals surface area contributed by atoms with Crippen LogP contribution in [0.5, 0.6) is 5.75 Å². The van der Waals surface area contributed by atoms with Gasteiger partial charge in [0, 0.05) is 6.42 Å². The molecule has 0 amide bonds. The molecule has 0 aromatic heterocycles. The Morgan fingerprint density at radius 2 is 2.18 bits per heavy atom. The quantitative estimate of drug-likeness (QED) is 0.858. The summed E-state index contributed by atoms with van der Waals surface area (Å²) in [5, 5.41) is 0. The van der Waals surface area contributed by atoms with Gasteiger partial charge in [0.15, 0.2) is 5.67 Å². The monoisotopic (exact) mass is 237 g/mol. The normalized spacial score (nSPS) is 23.9. The molecule has 1 aromatic rings. The first-order valence-electron chi connectivity index (χ1n) is 5.23. The van der Waals surface area contributed by atoms with Crippen LogP contribution in [0.3, 0.4) is 0 Å². The van der Waals surface area contributed by atoms with Crippen molar-refractivity contribution in [2.75, 3.05) is 7.11 Å². The number of hydrogen-bond donors (Lipinski definition) is 1. The van der Waals surface area contributed by atoms with Crippen LogP contribution in [0.25, 0.3) is 0 Å². The van der Waals surface area contributed by atoms with Crippen molar-refractivity contribution in [1.82, 2.24) is 0 Å². The Hall–Kier alpha value is -1.84. The molecule has 1 aromatic carbocycles. The summed E-state index contributed by atoms with van der Waals surface area (Å²) in [6.45, 7) is 0. The number of rotatable bonds is 2. The number of alkyl halides is 1.